The number of carbonyl (C=O) groups excluding carboxylic acids is 1. The van der Waals surface area contributed by atoms with Gasteiger partial charge in [-0.15, -0.1) is 0 Å². The van der Waals surface area contributed by atoms with Crippen molar-refractivity contribution in [3.8, 4) is 22.6 Å². The van der Waals surface area contributed by atoms with E-state index in [2.05, 4.69) is 95.3 Å². The van der Waals surface area contributed by atoms with Crippen molar-refractivity contribution in [2.24, 2.45) is 23.7 Å². The number of hydrogen-bond acceptors (Lipinski definition) is 7. The Bertz CT molecular complexity index is 2030. The van der Waals surface area contributed by atoms with Gasteiger partial charge in [-0.2, -0.15) is 0 Å². The van der Waals surface area contributed by atoms with E-state index < -0.39 is 6.29 Å². The van der Waals surface area contributed by atoms with Crippen LogP contribution in [-0.2, 0) is 35.6 Å². The highest BCUT2D eigenvalue weighted by Gasteiger charge is 2.51. The molecule has 9 heteroatoms. The summed E-state index contributed by atoms with van der Waals surface area (Å²) in [5.41, 5.74) is 8.64. The molecule has 4 aromatic rings. The fourth-order valence-electron chi connectivity index (χ4n) is 11.1. The second-order valence-corrected chi connectivity index (χ2v) is 17.6. The average Bonchev–Trinajstić information content (AvgIpc) is 3.22. The van der Waals surface area contributed by atoms with Crippen LogP contribution in [0.3, 0.4) is 0 Å². The number of carbonyl (C=O) groups is 1. The molecular weight excluding hydrogens is 715 g/mol. The minimum atomic E-state index is -0.576. The van der Waals surface area contributed by atoms with E-state index in [1.807, 2.05) is 12.1 Å². The van der Waals surface area contributed by atoms with Crippen LogP contribution in [0.5, 0.6) is 11.5 Å². The molecule has 4 atom stereocenters. The molecule has 300 valence electrons. The van der Waals surface area contributed by atoms with Crippen LogP contribution in [0.2, 0.25) is 0 Å². The first-order chi connectivity index (χ1) is 27.8. The summed E-state index contributed by atoms with van der Waals surface area (Å²) in [6.45, 7) is 5.16. The van der Waals surface area contributed by atoms with E-state index in [1.54, 1.807) is 14.2 Å². The summed E-state index contributed by atoms with van der Waals surface area (Å²) >= 11 is 0. The molecule has 4 aromatic carbocycles. The Balaban J connectivity index is 0.909. The molecule has 9 nitrogen and oxygen atoms in total. The number of aliphatic hydroxyl groups is 1. The molecule has 4 aliphatic carbocycles. The van der Waals surface area contributed by atoms with Gasteiger partial charge in [0, 0.05) is 43.2 Å². The number of nitrogens with one attached hydrogen (secondary N) is 2. The lowest BCUT2D eigenvalue weighted by atomic mass is 9.53. The zero-order chi connectivity index (χ0) is 39.1. The fraction of sp³-hybridized carbons (Fsp3) is 0.479. The van der Waals surface area contributed by atoms with Gasteiger partial charge in [0.1, 0.15) is 0 Å². The number of methoxy groups -OCH3 is 2. The van der Waals surface area contributed by atoms with Crippen molar-refractivity contribution < 1.29 is 28.8 Å². The molecule has 0 aromatic heterocycles. The summed E-state index contributed by atoms with van der Waals surface area (Å²) in [5, 5.41) is 16.4. The molecule has 0 radical (unpaired) electrons. The normalized spacial score (nSPS) is 29.1. The molecule has 4 bridgehead atoms. The first kappa shape index (κ1) is 38.1. The second-order valence-electron chi connectivity index (χ2n) is 17.6. The van der Waals surface area contributed by atoms with Gasteiger partial charge >= 0.3 is 6.03 Å². The number of amides is 2. The van der Waals surface area contributed by atoms with Gasteiger partial charge in [0.05, 0.1) is 33.0 Å². The second kappa shape index (κ2) is 16.1. The minimum Gasteiger partial charge on any atom is -0.493 e. The SMILES string of the molecule is COc1cc2c(cc1OC)CN(C[C@H]1O[C@@H](c3cccc(-c4cccc(CNC(=O)NC56CC7CC(CC(C7)C5)C6)c4)c3)O[C@@H](c3ccc(CO)cc3)[C@H]1C)CC2. The molecule has 2 aliphatic heterocycles. The summed E-state index contributed by atoms with van der Waals surface area (Å²) in [7, 11) is 3.37. The molecule has 3 N–H and O–H groups in total. The number of benzene rings is 4. The average molecular weight is 772 g/mol. The highest BCUT2D eigenvalue weighted by atomic mass is 16.7. The summed E-state index contributed by atoms with van der Waals surface area (Å²) in [6, 6.07) is 29.2. The number of hydrogen-bond donors (Lipinski definition) is 3. The van der Waals surface area contributed by atoms with Crippen LogP contribution in [0.1, 0.15) is 91.2 Å². The Morgan fingerprint density at radius 3 is 2.16 bits per heavy atom. The van der Waals surface area contributed by atoms with Crippen LogP contribution in [0.25, 0.3) is 11.1 Å². The summed E-state index contributed by atoms with van der Waals surface area (Å²) in [6.07, 6.45) is 7.54. The van der Waals surface area contributed by atoms with Crippen molar-refractivity contribution >= 4 is 6.03 Å². The van der Waals surface area contributed by atoms with Gasteiger partial charge in [-0.1, -0.05) is 67.6 Å². The van der Waals surface area contributed by atoms with Crippen LogP contribution in [0.4, 0.5) is 4.79 Å². The van der Waals surface area contributed by atoms with Gasteiger partial charge < -0.3 is 34.7 Å². The molecule has 2 amide bonds. The lowest BCUT2D eigenvalue weighted by Gasteiger charge is -2.56. The molecule has 2 heterocycles. The maximum atomic E-state index is 13.2. The fourth-order valence-corrected chi connectivity index (χ4v) is 11.1. The zero-order valence-electron chi connectivity index (χ0n) is 33.5. The zero-order valence-corrected chi connectivity index (χ0v) is 33.5. The largest absolute Gasteiger partial charge is 0.493 e. The van der Waals surface area contributed by atoms with Gasteiger partial charge in [-0.05, 0) is 126 Å². The quantitative estimate of drug-likeness (QED) is 0.141. The molecule has 10 rings (SSSR count). The van der Waals surface area contributed by atoms with Gasteiger partial charge in [-0.25, -0.2) is 4.79 Å². The Morgan fingerprint density at radius 2 is 1.47 bits per heavy atom. The van der Waals surface area contributed by atoms with Crippen LogP contribution in [0.15, 0.2) is 84.9 Å². The first-order valence-electron chi connectivity index (χ1n) is 21.0. The topological polar surface area (TPSA) is 102 Å². The van der Waals surface area contributed by atoms with Crippen molar-refractivity contribution in [1.29, 1.82) is 0 Å². The number of rotatable bonds is 11. The summed E-state index contributed by atoms with van der Waals surface area (Å²) in [5.74, 6) is 3.95. The van der Waals surface area contributed by atoms with Gasteiger partial charge in [-0.3, -0.25) is 4.90 Å². The van der Waals surface area contributed by atoms with Crippen molar-refractivity contribution in [2.75, 3.05) is 27.3 Å². The monoisotopic (exact) mass is 771 g/mol. The maximum Gasteiger partial charge on any atom is 0.315 e. The first-order valence-corrected chi connectivity index (χ1v) is 21.0. The molecule has 4 saturated carbocycles. The minimum absolute atomic E-state index is 0.00189. The molecule has 0 spiro atoms. The Morgan fingerprint density at radius 1 is 0.807 bits per heavy atom. The predicted octanol–water partition coefficient (Wildman–Crippen LogP) is 8.48. The molecular formula is C48H57N3O6. The van der Waals surface area contributed by atoms with Crippen molar-refractivity contribution in [2.45, 2.75) is 95.6 Å². The lowest BCUT2D eigenvalue weighted by molar-refractivity contribution is -0.276. The van der Waals surface area contributed by atoms with E-state index >= 15 is 0 Å². The van der Waals surface area contributed by atoms with Crippen LogP contribution in [0, 0.1) is 23.7 Å². The number of urea groups is 1. The van der Waals surface area contributed by atoms with E-state index in [-0.39, 0.29) is 36.3 Å². The third kappa shape index (κ3) is 8.04. The van der Waals surface area contributed by atoms with Crippen molar-refractivity contribution in [3.05, 3.63) is 118 Å². The van der Waals surface area contributed by atoms with E-state index in [0.717, 1.165) is 108 Å². The van der Waals surface area contributed by atoms with Gasteiger partial charge in [0.2, 0.25) is 0 Å². The van der Waals surface area contributed by atoms with E-state index in [1.165, 1.54) is 30.4 Å². The smallest absolute Gasteiger partial charge is 0.315 e. The standard InChI is InChI=1S/C48H57N3O6/c1-30-44(28-51-15-14-39-21-42(54-2)43(55-3)22-41(39)27-51)56-46(57-45(30)36-12-10-31(29-52)11-13-36)40-9-5-8-38(20-40)37-7-4-6-32(19-37)26-49-47(53)50-48-23-33-16-34(24-48)18-35(17-33)25-48/h4-13,19-22,30,33-35,44-46,52H,14-18,23-29H2,1-3H3,(H2,49,50,53)/t30-,33?,34?,35?,44+,45+,46+,48?/m0/s1. The maximum absolute atomic E-state index is 13.2. The van der Waals surface area contributed by atoms with Crippen molar-refractivity contribution in [3.63, 3.8) is 0 Å². The van der Waals surface area contributed by atoms with Crippen LogP contribution in [-0.4, -0.2) is 55.0 Å². The Hall–Kier alpha value is -4.41. The highest BCUT2D eigenvalue weighted by Crippen LogP contribution is 2.55. The van der Waals surface area contributed by atoms with E-state index in [9.17, 15) is 9.90 Å². The summed E-state index contributed by atoms with van der Waals surface area (Å²) < 4.78 is 25.0. The van der Waals surface area contributed by atoms with Crippen molar-refractivity contribution in [1.82, 2.24) is 15.5 Å². The van der Waals surface area contributed by atoms with E-state index in [4.69, 9.17) is 18.9 Å². The molecule has 0 unspecified atom stereocenters. The number of aliphatic hydroxyl groups excluding tert-OH is 1. The predicted molar refractivity (Wildman–Crippen MR) is 220 cm³/mol. The van der Waals surface area contributed by atoms with E-state index in [0.29, 0.717) is 6.54 Å². The number of nitrogens with zero attached hydrogens (tertiary/aromatic N) is 1. The summed E-state index contributed by atoms with van der Waals surface area (Å²) in [4.78, 5) is 15.7. The molecule has 57 heavy (non-hydrogen) atoms. The molecule has 5 fully saturated rings. The molecule has 6 aliphatic rings. The number of fused-ring (bicyclic) bond motifs is 1. The van der Waals surface area contributed by atoms with Crippen LogP contribution >= 0.6 is 0 Å². The highest BCUT2D eigenvalue weighted by molar-refractivity contribution is 5.75. The Labute approximate surface area is 337 Å². The third-order valence-electron chi connectivity index (χ3n) is 13.6. The van der Waals surface area contributed by atoms with Gasteiger partial charge in [0.25, 0.3) is 0 Å². The lowest BCUT2D eigenvalue weighted by Crippen LogP contribution is -2.61. The van der Waals surface area contributed by atoms with Gasteiger partial charge in [0.15, 0.2) is 17.8 Å². The third-order valence-corrected chi connectivity index (χ3v) is 13.6. The Kier molecular flexibility index (Phi) is 10.8. The number of ether oxygens (including phenoxy) is 4. The molecule has 1 saturated heterocycles. The van der Waals surface area contributed by atoms with Crippen LogP contribution < -0.4 is 20.1 Å².